The Morgan fingerprint density at radius 3 is 2.83 bits per heavy atom. The normalized spacial score (nSPS) is 20.2. The number of amides is 1. The minimum atomic E-state index is -0.284. The number of fused-ring (bicyclic) bond motifs is 1. The number of pyridine rings is 1. The van der Waals surface area contributed by atoms with E-state index in [9.17, 15) is 9.18 Å². The van der Waals surface area contributed by atoms with E-state index < -0.39 is 0 Å². The Morgan fingerprint density at radius 2 is 2.03 bits per heavy atom. The molecule has 2 aliphatic heterocycles. The molecule has 5 rings (SSSR count). The SMILES string of the molecule is O=C(C1CCN(Cc2nnn[nH]2)C1)N1CCN(c2ccnc3cc(F)ccc23)CC1. The third kappa shape index (κ3) is 3.70. The van der Waals surface area contributed by atoms with Gasteiger partial charge in [-0.1, -0.05) is 0 Å². The van der Waals surface area contributed by atoms with Crippen molar-refractivity contribution in [3.8, 4) is 0 Å². The van der Waals surface area contributed by atoms with Gasteiger partial charge in [-0.25, -0.2) is 9.49 Å². The molecule has 2 fully saturated rings. The second-order valence-corrected chi connectivity index (χ2v) is 7.87. The first kappa shape index (κ1) is 18.9. The Balaban J connectivity index is 1.20. The van der Waals surface area contributed by atoms with Crippen LogP contribution in [-0.2, 0) is 11.3 Å². The number of benzene rings is 1. The highest BCUT2D eigenvalue weighted by Crippen LogP contribution is 2.27. The Hall–Kier alpha value is -3.14. The van der Waals surface area contributed by atoms with E-state index in [2.05, 4.69) is 35.4 Å². The summed E-state index contributed by atoms with van der Waals surface area (Å²) in [6, 6.07) is 6.67. The number of aromatic nitrogens is 5. The van der Waals surface area contributed by atoms with E-state index in [4.69, 9.17) is 0 Å². The monoisotopic (exact) mass is 410 g/mol. The molecule has 0 spiro atoms. The quantitative estimate of drug-likeness (QED) is 0.687. The number of halogens is 1. The first-order valence-electron chi connectivity index (χ1n) is 10.2. The Labute approximate surface area is 172 Å². The molecule has 2 saturated heterocycles. The summed E-state index contributed by atoms with van der Waals surface area (Å²) in [5.74, 6) is 0.695. The minimum absolute atomic E-state index is 0.0251. The summed E-state index contributed by atoms with van der Waals surface area (Å²) in [4.78, 5) is 23.7. The van der Waals surface area contributed by atoms with Gasteiger partial charge in [0.05, 0.1) is 18.0 Å². The Kier molecular flexibility index (Phi) is 4.99. The average Bonchev–Trinajstić information content (AvgIpc) is 3.45. The predicted molar refractivity (Wildman–Crippen MR) is 108 cm³/mol. The molecule has 2 aliphatic rings. The highest BCUT2D eigenvalue weighted by atomic mass is 19.1. The molecule has 30 heavy (non-hydrogen) atoms. The van der Waals surface area contributed by atoms with Gasteiger partial charge in [0.15, 0.2) is 5.82 Å². The lowest BCUT2D eigenvalue weighted by Crippen LogP contribution is -2.50. The van der Waals surface area contributed by atoms with Crippen molar-refractivity contribution in [1.29, 1.82) is 0 Å². The summed E-state index contributed by atoms with van der Waals surface area (Å²) in [7, 11) is 0. The topological polar surface area (TPSA) is 94.1 Å². The second-order valence-electron chi connectivity index (χ2n) is 7.87. The number of tetrazole rings is 1. The first-order valence-corrected chi connectivity index (χ1v) is 10.2. The number of anilines is 1. The molecule has 1 N–H and O–H groups in total. The number of rotatable bonds is 4. The molecule has 2 aromatic heterocycles. The highest BCUT2D eigenvalue weighted by Gasteiger charge is 2.33. The molecule has 9 nitrogen and oxygen atoms in total. The number of likely N-dealkylation sites (tertiary alicyclic amines) is 1. The zero-order valence-corrected chi connectivity index (χ0v) is 16.5. The van der Waals surface area contributed by atoms with Crippen molar-refractivity contribution >= 4 is 22.5 Å². The highest BCUT2D eigenvalue weighted by molar-refractivity contribution is 5.91. The zero-order valence-electron chi connectivity index (χ0n) is 16.5. The fourth-order valence-electron chi connectivity index (χ4n) is 4.44. The van der Waals surface area contributed by atoms with Crippen LogP contribution in [0.2, 0.25) is 0 Å². The standard InChI is InChI=1S/C20H23FN8O/c21-15-1-2-16-17(11-15)22-5-3-18(16)28-7-9-29(10-8-28)20(30)14-4-6-27(12-14)13-19-23-25-26-24-19/h1-3,5,11,14H,4,6-10,12-13H2,(H,23,24,25,26). The maximum Gasteiger partial charge on any atom is 0.227 e. The van der Waals surface area contributed by atoms with Gasteiger partial charge in [-0.15, -0.1) is 5.10 Å². The minimum Gasteiger partial charge on any atom is -0.367 e. The maximum absolute atomic E-state index is 13.5. The molecule has 1 amide bonds. The van der Waals surface area contributed by atoms with Crippen molar-refractivity contribution in [3.63, 3.8) is 0 Å². The van der Waals surface area contributed by atoms with Crippen LogP contribution < -0.4 is 4.90 Å². The number of aromatic amines is 1. The molecule has 4 heterocycles. The summed E-state index contributed by atoms with van der Waals surface area (Å²) in [6.07, 6.45) is 2.58. The number of hydrogen-bond donors (Lipinski definition) is 1. The van der Waals surface area contributed by atoms with E-state index in [0.717, 1.165) is 49.5 Å². The van der Waals surface area contributed by atoms with Gasteiger partial charge in [0.25, 0.3) is 0 Å². The van der Waals surface area contributed by atoms with Crippen LogP contribution in [0.1, 0.15) is 12.2 Å². The molecule has 1 unspecified atom stereocenters. The summed E-state index contributed by atoms with van der Waals surface area (Å²) in [5.41, 5.74) is 1.69. The third-order valence-corrected chi connectivity index (χ3v) is 6.00. The fourth-order valence-corrected chi connectivity index (χ4v) is 4.44. The van der Waals surface area contributed by atoms with Gasteiger partial charge in [0.1, 0.15) is 5.82 Å². The van der Waals surface area contributed by atoms with Crippen LogP contribution in [-0.4, -0.2) is 80.6 Å². The van der Waals surface area contributed by atoms with E-state index in [1.165, 1.54) is 12.1 Å². The van der Waals surface area contributed by atoms with Gasteiger partial charge < -0.3 is 9.80 Å². The number of H-pyrrole nitrogens is 1. The van der Waals surface area contributed by atoms with Gasteiger partial charge in [0, 0.05) is 56.1 Å². The molecule has 3 aromatic rings. The molecule has 0 saturated carbocycles. The Morgan fingerprint density at radius 1 is 1.17 bits per heavy atom. The molecule has 0 bridgehead atoms. The van der Waals surface area contributed by atoms with Crippen LogP contribution in [0.5, 0.6) is 0 Å². The van der Waals surface area contributed by atoms with Gasteiger partial charge in [-0.3, -0.25) is 14.7 Å². The first-order chi connectivity index (χ1) is 14.7. The third-order valence-electron chi connectivity index (χ3n) is 6.00. The van der Waals surface area contributed by atoms with Crippen molar-refractivity contribution in [1.82, 2.24) is 35.4 Å². The van der Waals surface area contributed by atoms with E-state index in [1.54, 1.807) is 12.3 Å². The van der Waals surface area contributed by atoms with E-state index >= 15 is 0 Å². The molecule has 0 radical (unpaired) electrons. The van der Waals surface area contributed by atoms with Gasteiger partial charge in [-0.2, -0.15) is 0 Å². The lowest BCUT2D eigenvalue weighted by atomic mass is 10.1. The number of nitrogens with zero attached hydrogens (tertiary/aromatic N) is 7. The van der Waals surface area contributed by atoms with Gasteiger partial charge in [0.2, 0.25) is 5.91 Å². The van der Waals surface area contributed by atoms with Crippen molar-refractivity contribution < 1.29 is 9.18 Å². The van der Waals surface area contributed by atoms with E-state index in [0.29, 0.717) is 25.2 Å². The van der Waals surface area contributed by atoms with Crippen molar-refractivity contribution in [3.05, 3.63) is 42.1 Å². The van der Waals surface area contributed by atoms with Crippen molar-refractivity contribution in [2.24, 2.45) is 5.92 Å². The number of hydrogen-bond acceptors (Lipinski definition) is 7. The summed E-state index contributed by atoms with van der Waals surface area (Å²) < 4.78 is 13.5. The van der Waals surface area contributed by atoms with Crippen LogP contribution in [0.25, 0.3) is 10.9 Å². The Bertz CT molecular complexity index is 1030. The van der Waals surface area contributed by atoms with Crippen LogP contribution in [0, 0.1) is 11.7 Å². The number of carbonyl (C=O) groups excluding carboxylic acids is 1. The van der Waals surface area contributed by atoms with Gasteiger partial charge >= 0.3 is 0 Å². The number of carbonyl (C=O) groups is 1. The van der Waals surface area contributed by atoms with Crippen molar-refractivity contribution in [2.45, 2.75) is 13.0 Å². The molecular formula is C20H23FN8O. The van der Waals surface area contributed by atoms with E-state index in [1.807, 2.05) is 11.0 Å². The maximum atomic E-state index is 13.5. The molecule has 0 aliphatic carbocycles. The van der Waals surface area contributed by atoms with Crippen LogP contribution in [0.4, 0.5) is 10.1 Å². The molecule has 1 aromatic carbocycles. The lowest BCUT2D eigenvalue weighted by Gasteiger charge is -2.37. The van der Waals surface area contributed by atoms with Crippen LogP contribution in [0.15, 0.2) is 30.5 Å². The smallest absolute Gasteiger partial charge is 0.227 e. The predicted octanol–water partition coefficient (Wildman–Crippen LogP) is 1.06. The number of piperazine rings is 1. The summed E-state index contributed by atoms with van der Waals surface area (Å²) >= 11 is 0. The largest absolute Gasteiger partial charge is 0.367 e. The zero-order chi connectivity index (χ0) is 20.5. The molecule has 156 valence electrons. The van der Waals surface area contributed by atoms with Crippen LogP contribution in [0.3, 0.4) is 0 Å². The molecular weight excluding hydrogens is 387 g/mol. The average molecular weight is 410 g/mol. The summed E-state index contributed by atoms with van der Waals surface area (Å²) in [5, 5.41) is 14.8. The fraction of sp³-hybridized carbons (Fsp3) is 0.450. The van der Waals surface area contributed by atoms with E-state index in [-0.39, 0.29) is 17.6 Å². The van der Waals surface area contributed by atoms with Crippen LogP contribution >= 0.6 is 0 Å². The molecule has 10 heteroatoms. The second kappa shape index (κ2) is 7.94. The number of nitrogens with one attached hydrogen (secondary N) is 1. The summed E-state index contributed by atoms with van der Waals surface area (Å²) in [6.45, 7) is 5.13. The lowest BCUT2D eigenvalue weighted by molar-refractivity contribution is -0.135. The molecule has 1 atom stereocenters. The van der Waals surface area contributed by atoms with Crippen molar-refractivity contribution in [2.75, 3.05) is 44.2 Å². The van der Waals surface area contributed by atoms with Gasteiger partial charge in [-0.05, 0) is 41.6 Å².